The zero-order chi connectivity index (χ0) is 15.3. The average molecular weight is 297 g/mol. The van der Waals surface area contributed by atoms with Crippen LogP contribution in [0.2, 0.25) is 0 Å². The number of hydrogen-bond acceptors (Lipinski definition) is 5. The molecule has 2 rings (SSSR count). The molecule has 1 saturated carbocycles. The molecule has 1 N–H and O–H groups in total. The summed E-state index contributed by atoms with van der Waals surface area (Å²) in [5.74, 6) is -0.0877. The van der Waals surface area contributed by atoms with Crippen LogP contribution in [-0.4, -0.2) is 73.7 Å². The molecule has 1 atom stereocenters. The van der Waals surface area contributed by atoms with E-state index in [4.69, 9.17) is 4.74 Å². The van der Waals surface area contributed by atoms with Gasteiger partial charge in [0, 0.05) is 32.2 Å². The van der Waals surface area contributed by atoms with Crippen LogP contribution in [-0.2, 0) is 9.53 Å². The van der Waals surface area contributed by atoms with Crippen LogP contribution in [0.1, 0.15) is 39.5 Å². The molecule has 5 nitrogen and oxygen atoms in total. The van der Waals surface area contributed by atoms with E-state index >= 15 is 0 Å². The first-order chi connectivity index (χ1) is 10.0. The SMILES string of the molecule is CCOC(=O)C(C)(CCCN1CCN(C)CC1)NC1CC1. The van der Waals surface area contributed by atoms with Crippen LogP contribution in [0.3, 0.4) is 0 Å². The second-order valence-corrected chi connectivity index (χ2v) is 6.72. The maximum atomic E-state index is 12.2. The first-order valence-corrected chi connectivity index (χ1v) is 8.39. The summed E-state index contributed by atoms with van der Waals surface area (Å²) in [7, 11) is 2.18. The smallest absolute Gasteiger partial charge is 0.326 e. The number of nitrogens with one attached hydrogen (secondary N) is 1. The van der Waals surface area contributed by atoms with Crippen LogP contribution in [0.5, 0.6) is 0 Å². The molecule has 122 valence electrons. The summed E-state index contributed by atoms with van der Waals surface area (Å²) < 4.78 is 5.27. The average Bonchev–Trinajstić information content (AvgIpc) is 3.25. The van der Waals surface area contributed by atoms with Crippen LogP contribution >= 0.6 is 0 Å². The molecule has 21 heavy (non-hydrogen) atoms. The fourth-order valence-corrected chi connectivity index (χ4v) is 2.93. The third kappa shape index (κ3) is 5.24. The van der Waals surface area contributed by atoms with Crippen LogP contribution < -0.4 is 5.32 Å². The van der Waals surface area contributed by atoms with E-state index in [2.05, 4.69) is 22.2 Å². The number of likely N-dealkylation sites (N-methyl/N-ethyl adjacent to an activating group) is 1. The lowest BCUT2D eigenvalue weighted by Crippen LogP contribution is -2.52. The molecule has 2 fully saturated rings. The molecular weight excluding hydrogens is 266 g/mol. The standard InChI is InChI=1S/C16H31N3O2/c1-4-21-15(20)16(2,17-14-6-7-14)8-5-9-19-12-10-18(3)11-13-19/h14,17H,4-13H2,1-3H3. The van der Waals surface area contributed by atoms with Crippen molar-refractivity contribution < 1.29 is 9.53 Å². The normalized spacial score (nSPS) is 23.8. The van der Waals surface area contributed by atoms with Gasteiger partial charge in [0.2, 0.25) is 0 Å². The quantitative estimate of drug-likeness (QED) is 0.680. The Bertz CT molecular complexity index is 338. The van der Waals surface area contributed by atoms with Gasteiger partial charge in [-0.05, 0) is 53.1 Å². The predicted molar refractivity (Wildman–Crippen MR) is 84.4 cm³/mol. The van der Waals surface area contributed by atoms with Gasteiger partial charge in [-0.25, -0.2) is 0 Å². The van der Waals surface area contributed by atoms with E-state index in [1.165, 1.54) is 12.8 Å². The first-order valence-electron chi connectivity index (χ1n) is 8.39. The molecule has 5 heteroatoms. The molecule has 0 radical (unpaired) electrons. The van der Waals surface area contributed by atoms with Gasteiger partial charge >= 0.3 is 5.97 Å². The molecule has 0 bridgehead atoms. The maximum absolute atomic E-state index is 12.2. The van der Waals surface area contributed by atoms with Crippen molar-refractivity contribution in [3.05, 3.63) is 0 Å². The predicted octanol–water partition coefficient (Wildman–Crippen LogP) is 1.09. The van der Waals surface area contributed by atoms with Gasteiger partial charge < -0.3 is 14.5 Å². The highest BCUT2D eigenvalue weighted by atomic mass is 16.5. The summed E-state index contributed by atoms with van der Waals surface area (Å²) in [6.45, 7) is 10.00. The summed E-state index contributed by atoms with van der Waals surface area (Å²) in [6, 6.07) is 0.517. The topological polar surface area (TPSA) is 44.8 Å². The highest BCUT2D eigenvalue weighted by Gasteiger charge is 2.39. The van der Waals surface area contributed by atoms with Crippen molar-refractivity contribution in [1.29, 1.82) is 0 Å². The van der Waals surface area contributed by atoms with Crippen LogP contribution in [0.15, 0.2) is 0 Å². The van der Waals surface area contributed by atoms with Crippen molar-refractivity contribution in [1.82, 2.24) is 15.1 Å². The Morgan fingerprint density at radius 1 is 1.29 bits per heavy atom. The first kappa shape index (κ1) is 16.7. The van der Waals surface area contributed by atoms with Gasteiger partial charge in [-0.2, -0.15) is 0 Å². The van der Waals surface area contributed by atoms with Crippen LogP contribution in [0.25, 0.3) is 0 Å². The molecule has 1 unspecified atom stereocenters. The van der Waals surface area contributed by atoms with E-state index in [1.807, 2.05) is 13.8 Å². The number of carbonyl (C=O) groups is 1. The van der Waals surface area contributed by atoms with Crippen molar-refractivity contribution in [3.8, 4) is 0 Å². The third-order valence-corrected chi connectivity index (χ3v) is 4.57. The Morgan fingerprint density at radius 3 is 2.52 bits per heavy atom. The lowest BCUT2D eigenvalue weighted by Gasteiger charge is -2.34. The number of hydrogen-bond donors (Lipinski definition) is 1. The van der Waals surface area contributed by atoms with Gasteiger partial charge in [0.15, 0.2) is 0 Å². The van der Waals surface area contributed by atoms with Gasteiger partial charge in [0.05, 0.1) is 6.61 Å². The largest absolute Gasteiger partial charge is 0.465 e. The molecule has 0 aromatic rings. The van der Waals surface area contributed by atoms with E-state index in [-0.39, 0.29) is 5.97 Å². The molecule has 1 saturated heterocycles. The van der Waals surface area contributed by atoms with Gasteiger partial charge in [0.1, 0.15) is 5.54 Å². The number of rotatable bonds is 8. The van der Waals surface area contributed by atoms with Gasteiger partial charge in [-0.15, -0.1) is 0 Å². The van der Waals surface area contributed by atoms with Crippen molar-refractivity contribution in [2.45, 2.75) is 51.1 Å². The van der Waals surface area contributed by atoms with Crippen molar-refractivity contribution in [2.75, 3.05) is 46.4 Å². The molecule has 1 aliphatic carbocycles. The summed E-state index contributed by atoms with van der Waals surface area (Å²) >= 11 is 0. The van der Waals surface area contributed by atoms with Crippen LogP contribution in [0, 0.1) is 0 Å². The molecule has 0 aromatic heterocycles. The lowest BCUT2D eigenvalue weighted by molar-refractivity contribution is -0.151. The molecular formula is C16H31N3O2. The Balaban J connectivity index is 1.76. The van der Waals surface area contributed by atoms with Gasteiger partial charge in [0.25, 0.3) is 0 Å². The summed E-state index contributed by atoms with van der Waals surface area (Å²) in [5, 5.41) is 3.50. The van der Waals surface area contributed by atoms with Gasteiger partial charge in [-0.3, -0.25) is 10.1 Å². The monoisotopic (exact) mass is 297 g/mol. The zero-order valence-electron chi connectivity index (χ0n) is 13.9. The van der Waals surface area contributed by atoms with E-state index < -0.39 is 5.54 Å². The second kappa shape index (κ2) is 7.56. The van der Waals surface area contributed by atoms with Crippen molar-refractivity contribution in [2.24, 2.45) is 0 Å². The van der Waals surface area contributed by atoms with E-state index in [9.17, 15) is 4.79 Å². The molecule has 2 aliphatic rings. The highest BCUT2D eigenvalue weighted by Crippen LogP contribution is 2.26. The van der Waals surface area contributed by atoms with Crippen molar-refractivity contribution >= 4 is 5.97 Å². The Morgan fingerprint density at radius 2 is 1.95 bits per heavy atom. The molecule has 0 amide bonds. The van der Waals surface area contributed by atoms with Gasteiger partial charge in [-0.1, -0.05) is 0 Å². The maximum Gasteiger partial charge on any atom is 0.326 e. The van der Waals surface area contributed by atoms with E-state index in [0.29, 0.717) is 12.6 Å². The highest BCUT2D eigenvalue weighted by molar-refractivity contribution is 5.80. The number of ether oxygens (including phenoxy) is 1. The third-order valence-electron chi connectivity index (χ3n) is 4.57. The number of esters is 1. The molecule has 0 aromatic carbocycles. The Kier molecular flexibility index (Phi) is 6.02. The minimum absolute atomic E-state index is 0.0877. The van der Waals surface area contributed by atoms with E-state index in [0.717, 1.165) is 45.6 Å². The van der Waals surface area contributed by atoms with Crippen molar-refractivity contribution in [3.63, 3.8) is 0 Å². The van der Waals surface area contributed by atoms with E-state index in [1.54, 1.807) is 0 Å². The molecule has 0 spiro atoms. The summed E-state index contributed by atoms with van der Waals surface area (Å²) in [5.41, 5.74) is -0.510. The van der Waals surface area contributed by atoms with Crippen LogP contribution in [0.4, 0.5) is 0 Å². The molecule has 1 aliphatic heterocycles. The fourth-order valence-electron chi connectivity index (χ4n) is 2.93. The Labute approximate surface area is 129 Å². The summed E-state index contributed by atoms with van der Waals surface area (Å²) in [6.07, 6.45) is 4.27. The lowest BCUT2D eigenvalue weighted by atomic mass is 9.95. The zero-order valence-corrected chi connectivity index (χ0v) is 13.9. The second-order valence-electron chi connectivity index (χ2n) is 6.72. The minimum atomic E-state index is -0.510. The summed E-state index contributed by atoms with van der Waals surface area (Å²) in [4.78, 5) is 17.1. The fraction of sp³-hybridized carbons (Fsp3) is 0.938. The minimum Gasteiger partial charge on any atom is -0.465 e. The Hall–Kier alpha value is -0.650. The number of carbonyl (C=O) groups excluding carboxylic acids is 1. The number of piperazine rings is 1. The molecule has 1 heterocycles. The number of nitrogens with zero attached hydrogens (tertiary/aromatic N) is 2.